The molecule has 1 aliphatic heterocycles. The van der Waals surface area contributed by atoms with Crippen molar-refractivity contribution in [1.82, 2.24) is 4.90 Å². The van der Waals surface area contributed by atoms with Gasteiger partial charge in [-0.05, 0) is 55.5 Å². The predicted octanol–water partition coefficient (Wildman–Crippen LogP) is 3.77. The summed E-state index contributed by atoms with van der Waals surface area (Å²) in [5.41, 5.74) is 9.01. The molecule has 2 atom stereocenters. The Kier molecular flexibility index (Phi) is 4.88. The van der Waals surface area contributed by atoms with Gasteiger partial charge in [-0.25, -0.2) is 0 Å². The molecule has 19 heavy (non-hydrogen) atoms. The van der Waals surface area contributed by atoms with Gasteiger partial charge >= 0.3 is 0 Å². The molecule has 1 aliphatic rings. The van der Waals surface area contributed by atoms with Gasteiger partial charge in [0.2, 0.25) is 0 Å². The van der Waals surface area contributed by atoms with E-state index in [1.54, 1.807) is 0 Å². The van der Waals surface area contributed by atoms with E-state index in [1.165, 1.54) is 17.5 Å². The van der Waals surface area contributed by atoms with Crippen LogP contribution in [-0.4, -0.2) is 24.0 Å². The normalized spacial score (nSPS) is 24.9. The number of hydrogen-bond acceptors (Lipinski definition) is 2. The van der Waals surface area contributed by atoms with Gasteiger partial charge in [0.05, 0.1) is 6.04 Å². The van der Waals surface area contributed by atoms with E-state index in [9.17, 15) is 0 Å². The van der Waals surface area contributed by atoms with E-state index < -0.39 is 0 Å². The average molecular weight is 281 g/mol. The van der Waals surface area contributed by atoms with Crippen molar-refractivity contribution in [2.75, 3.05) is 13.1 Å². The summed E-state index contributed by atoms with van der Waals surface area (Å²) in [4.78, 5) is 2.55. The molecular weight excluding hydrogens is 256 g/mol. The van der Waals surface area contributed by atoms with Crippen molar-refractivity contribution < 1.29 is 0 Å². The van der Waals surface area contributed by atoms with Crippen LogP contribution in [0.5, 0.6) is 0 Å². The fourth-order valence-electron chi connectivity index (χ4n) is 3.17. The third kappa shape index (κ3) is 3.50. The maximum Gasteiger partial charge on any atom is 0.0501 e. The number of hydrogen-bond donors (Lipinski definition) is 1. The molecule has 3 heteroatoms. The maximum atomic E-state index is 6.41. The summed E-state index contributed by atoms with van der Waals surface area (Å²) in [7, 11) is 0. The second kappa shape index (κ2) is 6.25. The van der Waals surface area contributed by atoms with E-state index in [4.69, 9.17) is 17.3 Å². The van der Waals surface area contributed by atoms with Crippen LogP contribution in [0.3, 0.4) is 0 Å². The van der Waals surface area contributed by atoms with Crippen LogP contribution in [-0.2, 0) is 0 Å². The molecule has 0 aromatic heterocycles. The number of nitrogens with zero attached hydrogens (tertiary/aromatic N) is 1. The van der Waals surface area contributed by atoms with E-state index in [0.29, 0.717) is 12.0 Å². The molecule has 1 saturated heterocycles. The zero-order chi connectivity index (χ0) is 14.0. The lowest BCUT2D eigenvalue weighted by molar-refractivity contribution is 0.113. The van der Waals surface area contributed by atoms with Gasteiger partial charge in [0.15, 0.2) is 0 Å². The summed E-state index contributed by atoms with van der Waals surface area (Å²) in [6.07, 6.45) is 2.32. The van der Waals surface area contributed by atoms with Crippen LogP contribution in [0.4, 0.5) is 0 Å². The lowest BCUT2D eigenvalue weighted by atomic mass is 9.88. The Morgan fingerprint density at radius 3 is 2.79 bits per heavy atom. The highest BCUT2D eigenvalue weighted by Crippen LogP contribution is 2.33. The zero-order valence-electron chi connectivity index (χ0n) is 12.2. The highest BCUT2D eigenvalue weighted by Gasteiger charge is 2.31. The predicted molar refractivity (Wildman–Crippen MR) is 82.6 cm³/mol. The fourth-order valence-corrected chi connectivity index (χ4v) is 3.40. The number of aryl methyl sites for hydroxylation is 1. The standard InChI is InChI=1S/C16H25ClN2/c1-11(2)10-19-8-4-5-15(18)16(19)14-7-6-13(17)9-12(14)3/h6-7,9,11,15-16H,4-5,8,10,18H2,1-3H3. The van der Waals surface area contributed by atoms with E-state index in [0.717, 1.165) is 24.5 Å². The summed E-state index contributed by atoms with van der Waals surface area (Å²) in [6.45, 7) is 8.94. The van der Waals surface area contributed by atoms with Gasteiger partial charge in [-0.2, -0.15) is 0 Å². The lowest BCUT2D eigenvalue weighted by Gasteiger charge is -2.41. The van der Waals surface area contributed by atoms with Gasteiger partial charge in [0, 0.05) is 17.6 Å². The van der Waals surface area contributed by atoms with Crippen LogP contribution < -0.4 is 5.73 Å². The number of likely N-dealkylation sites (tertiary alicyclic amines) is 1. The summed E-state index contributed by atoms with van der Waals surface area (Å²) in [6, 6.07) is 6.76. The summed E-state index contributed by atoms with van der Waals surface area (Å²) in [5, 5.41) is 0.807. The van der Waals surface area contributed by atoms with E-state index >= 15 is 0 Å². The van der Waals surface area contributed by atoms with Crippen LogP contribution in [0.25, 0.3) is 0 Å². The third-order valence-electron chi connectivity index (χ3n) is 3.93. The van der Waals surface area contributed by atoms with Gasteiger partial charge in [0.25, 0.3) is 0 Å². The number of halogens is 1. The molecule has 2 rings (SSSR count). The first-order valence-electron chi connectivity index (χ1n) is 7.24. The van der Waals surface area contributed by atoms with E-state index in [1.807, 2.05) is 12.1 Å². The molecular formula is C16H25ClN2. The summed E-state index contributed by atoms with van der Waals surface area (Å²) < 4.78 is 0. The first kappa shape index (κ1) is 14.8. The average Bonchev–Trinajstić information content (AvgIpc) is 2.30. The number of benzene rings is 1. The number of nitrogens with two attached hydrogens (primary N) is 1. The topological polar surface area (TPSA) is 29.3 Å². The van der Waals surface area contributed by atoms with Crippen molar-refractivity contribution in [3.8, 4) is 0 Å². The molecule has 1 aromatic carbocycles. The van der Waals surface area contributed by atoms with Crippen LogP contribution in [0.1, 0.15) is 43.9 Å². The Labute approximate surface area is 121 Å². The zero-order valence-corrected chi connectivity index (χ0v) is 13.0. The van der Waals surface area contributed by atoms with Crippen LogP contribution in [0, 0.1) is 12.8 Å². The van der Waals surface area contributed by atoms with E-state index in [-0.39, 0.29) is 6.04 Å². The number of rotatable bonds is 3. The van der Waals surface area contributed by atoms with Crippen molar-refractivity contribution in [3.05, 3.63) is 34.3 Å². The molecule has 0 amide bonds. The molecule has 0 spiro atoms. The minimum atomic E-state index is 0.229. The van der Waals surface area contributed by atoms with Gasteiger partial charge in [-0.3, -0.25) is 4.90 Å². The van der Waals surface area contributed by atoms with E-state index in [2.05, 4.69) is 31.7 Å². The van der Waals surface area contributed by atoms with Crippen molar-refractivity contribution in [3.63, 3.8) is 0 Å². The van der Waals surface area contributed by atoms with Crippen molar-refractivity contribution in [1.29, 1.82) is 0 Å². The van der Waals surface area contributed by atoms with Gasteiger partial charge < -0.3 is 5.73 Å². The molecule has 1 fully saturated rings. The van der Waals surface area contributed by atoms with Gasteiger partial charge in [-0.1, -0.05) is 31.5 Å². The third-order valence-corrected chi connectivity index (χ3v) is 4.17. The largest absolute Gasteiger partial charge is 0.326 e. The molecule has 0 radical (unpaired) electrons. The van der Waals surface area contributed by atoms with Crippen LogP contribution in [0.2, 0.25) is 5.02 Å². The van der Waals surface area contributed by atoms with Crippen LogP contribution in [0.15, 0.2) is 18.2 Å². The second-order valence-electron chi connectivity index (χ2n) is 6.14. The Morgan fingerprint density at radius 2 is 2.16 bits per heavy atom. The fraction of sp³-hybridized carbons (Fsp3) is 0.625. The minimum Gasteiger partial charge on any atom is -0.326 e. The molecule has 0 aliphatic carbocycles. The second-order valence-corrected chi connectivity index (χ2v) is 6.58. The number of piperidine rings is 1. The molecule has 2 N–H and O–H groups in total. The Morgan fingerprint density at radius 1 is 1.42 bits per heavy atom. The molecule has 106 valence electrons. The molecule has 1 heterocycles. The summed E-state index contributed by atoms with van der Waals surface area (Å²) in [5.74, 6) is 0.667. The monoisotopic (exact) mass is 280 g/mol. The highest BCUT2D eigenvalue weighted by atomic mass is 35.5. The Hall–Kier alpha value is -0.570. The Bertz CT molecular complexity index is 431. The first-order chi connectivity index (χ1) is 8.99. The van der Waals surface area contributed by atoms with Gasteiger partial charge in [-0.15, -0.1) is 0 Å². The highest BCUT2D eigenvalue weighted by molar-refractivity contribution is 6.30. The Balaban J connectivity index is 2.30. The maximum absolute atomic E-state index is 6.41. The quantitative estimate of drug-likeness (QED) is 0.913. The van der Waals surface area contributed by atoms with Crippen molar-refractivity contribution in [2.24, 2.45) is 11.7 Å². The SMILES string of the molecule is Cc1cc(Cl)ccc1C1C(N)CCCN1CC(C)C. The molecule has 2 nitrogen and oxygen atoms in total. The van der Waals surface area contributed by atoms with Crippen molar-refractivity contribution in [2.45, 2.75) is 45.7 Å². The van der Waals surface area contributed by atoms with Gasteiger partial charge in [0.1, 0.15) is 0 Å². The molecule has 0 saturated carbocycles. The summed E-state index contributed by atoms with van der Waals surface area (Å²) >= 11 is 6.07. The van der Waals surface area contributed by atoms with Crippen molar-refractivity contribution >= 4 is 11.6 Å². The molecule has 1 aromatic rings. The lowest BCUT2D eigenvalue weighted by Crippen LogP contribution is -2.47. The minimum absolute atomic E-state index is 0.229. The first-order valence-corrected chi connectivity index (χ1v) is 7.62. The van der Waals surface area contributed by atoms with Crippen LogP contribution >= 0.6 is 11.6 Å². The molecule has 2 unspecified atom stereocenters. The smallest absolute Gasteiger partial charge is 0.0501 e. The molecule has 0 bridgehead atoms.